The number of ether oxygens (including phenoxy) is 3. The maximum Gasteiger partial charge on any atom is 0.387 e. The van der Waals surface area contributed by atoms with Crippen molar-refractivity contribution in [3.05, 3.63) is 42.5 Å². The summed E-state index contributed by atoms with van der Waals surface area (Å²) in [4.78, 5) is 28.1. The van der Waals surface area contributed by atoms with E-state index in [0.717, 1.165) is 0 Å². The summed E-state index contributed by atoms with van der Waals surface area (Å²) in [7, 11) is 3.03. The third-order valence-electron chi connectivity index (χ3n) is 4.45. The summed E-state index contributed by atoms with van der Waals surface area (Å²) in [5, 5.41) is 2.58. The van der Waals surface area contributed by atoms with Crippen LogP contribution in [0.5, 0.6) is 17.2 Å². The summed E-state index contributed by atoms with van der Waals surface area (Å²) in [6.07, 6.45) is 0. The van der Waals surface area contributed by atoms with Gasteiger partial charge >= 0.3 is 12.6 Å². The Hall–Kier alpha value is -3.56. The average molecular weight is 421 g/mol. The minimum Gasteiger partial charge on any atom is -0.497 e. The number of alkyl halides is 2. The highest BCUT2D eigenvalue weighted by atomic mass is 19.3. The van der Waals surface area contributed by atoms with Crippen LogP contribution in [0.4, 0.5) is 25.0 Å². The Morgan fingerprint density at radius 3 is 2.60 bits per heavy atom. The van der Waals surface area contributed by atoms with Gasteiger partial charge in [0.1, 0.15) is 23.8 Å². The zero-order chi connectivity index (χ0) is 21.7. The highest BCUT2D eigenvalue weighted by Crippen LogP contribution is 2.34. The number of nitrogens with zero attached hydrogens (tertiary/aromatic N) is 2. The minimum absolute atomic E-state index is 0.0728. The summed E-state index contributed by atoms with van der Waals surface area (Å²) >= 11 is 0. The number of methoxy groups -OCH3 is 2. The zero-order valence-corrected chi connectivity index (χ0v) is 16.4. The molecule has 1 heterocycles. The van der Waals surface area contributed by atoms with Crippen molar-refractivity contribution in [2.45, 2.75) is 6.61 Å². The molecule has 1 saturated heterocycles. The number of hydrogen-bond donors (Lipinski definition) is 1. The summed E-state index contributed by atoms with van der Waals surface area (Å²) in [6, 6.07) is 10.4. The number of halogens is 2. The number of nitrogens with one attached hydrogen (secondary N) is 1. The molecule has 3 rings (SSSR count). The van der Waals surface area contributed by atoms with Crippen molar-refractivity contribution >= 4 is 23.3 Å². The van der Waals surface area contributed by atoms with Crippen LogP contribution in [0.1, 0.15) is 0 Å². The molecule has 0 spiro atoms. The molecule has 0 unspecified atom stereocenters. The molecule has 0 aliphatic carbocycles. The minimum atomic E-state index is -2.96. The maximum atomic E-state index is 12.8. The largest absolute Gasteiger partial charge is 0.497 e. The topological polar surface area (TPSA) is 80.3 Å². The Morgan fingerprint density at radius 1 is 1.10 bits per heavy atom. The Balaban J connectivity index is 1.65. The summed E-state index contributed by atoms with van der Waals surface area (Å²) < 4.78 is 39.5. The Bertz CT molecular complexity index is 925. The molecule has 30 heavy (non-hydrogen) atoms. The van der Waals surface area contributed by atoms with E-state index in [1.165, 1.54) is 48.3 Å². The Labute approximate surface area is 171 Å². The standard InChI is InChI=1S/C20H21F2N3O5/c1-28-14-6-7-17(29-2)16(11-14)25-9-8-24(20(25)27)12-18(26)23-13-4-3-5-15(10-13)30-19(21)22/h3-7,10-11,19H,8-9,12H2,1-2H3,(H,23,26). The van der Waals surface area contributed by atoms with Crippen molar-refractivity contribution in [2.75, 3.05) is 44.1 Å². The molecule has 1 fully saturated rings. The fourth-order valence-electron chi connectivity index (χ4n) is 3.08. The van der Waals surface area contributed by atoms with E-state index in [1.54, 1.807) is 18.2 Å². The first-order chi connectivity index (χ1) is 14.4. The second-order valence-electron chi connectivity index (χ2n) is 6.35. The first kappa shape index (κ1) is 21.2. The Morgan fingerprint density at radius 2 is 1.90 bits per heavy atom. The van der Waals surface area contributed by atoms with Gasteiger partial charge in [-0.3, -0.25) is 9.69 Å². The van der Waals surface area contributed by atoms with E-state index >= 15 is 0 Å². The zero-order valence-electron chi connectivity index (χ0n) is 16.4. The van der Waals surface area contributed by atoms with Crippen LogP contribution in [0.3, 0.4) is 0 Å². The molecule has 1 aliphatic heterocycles. The number of hydrogen-bond acceptors (Lipinski definition) is 5. The molecule has 3 amide bonds. The molecule has 10 heteroatoms. The van der Waals surface area contributed by atoms with Crippen molar-refractivity contribution in [1.82, 2.24) is 4.90 Å². The second-order valence-corrected chi connectivity index (χ2v) is 6.35. The van der Waals surface area contributed by atoms with Crippen molar-refractivity contribution in [3.63, 3.8) is 0 Å². The van der Waals surface area contributed by atoms with Crippen LogP contribution in [0.2, 0.25) is 0 Å². The van der Waals surface area contributed by atoms with E-state index in [9.17, 15) is 18.4 Å². The highest BCUT2D eigenvalue weighted by molar-refractivity contribution is 6.00. The summed E-state index contributed by atoms with van der Waals surface area (Å²) in [5.41, 5.74) is 0.831. The molecule has 0 atom stereocenters. The van der Waals surface area contributed by atoms with Gasteiger partial charge in [0.25, 0.3) is 0 Å². The molecule has 2 aromatic carbocycles. The smallest absolute Gasteiger partial charge is 0.387 e. The van der Waals surface area contributed by atoms with Gasteiger partial charge < -0.3 is 24.4 Å². The quantitative estimate of drug-likeness (QED) is 0.708. The highest BCUT2D eigenvalue weighted by Gasteiger charge is 2.32. The molecule has 0 radical (unpaired) electrons. The Kier molecular flexibility index (Phi) is 6.55. The third-order valence-corrected chi connectivity index (χ3v) is 4.45. The molecule has 0 bridgehead atoms. The molecular weight excluding hydrogens is 400 g/mol. The van der Waals surface area contributed by atoms with Gasteiger partial charge in [-0.2, -0.15) is 8.78 Å². The van der Waals surface area contributed by atoms with Gasteiger partial charge in [0.15, 0.2) is 0 Å². The van der Waals surface area contributed by atoms with Gasteiger partial charge in [-0.05, 0) is 24.3 Å². The monoisotopic (exact) mass is 421 g/mol. The van der Waals surface area contributed by atoms with Gasteiger partial charge in [-0.25, -0.2) is 4.79 Å². The van der Waals surface area contributed by atoms with Gasteiger partial charge in [-0.1, -0.05) is 6.07 Å². The number of carbonyl (C=O) groups is 2. The maximum absolute atomic E-state index is 12.8. The second kappa shape index (κ2) is 9.29. The van der Waals surface area contributed by atoms with Crippen molar-refractivity contribution < 1.29 is 32.6 Å². The summed E-state index contributed by atoms with van der Waals surface area (Å²) in [5.74, 6) is 0.542. The van der Waals surface area contributed by atoms with Crippen LogP contribution >= 0.6 is 0 Å². The number of rotatable bonds is 8. The molecule has 1 aliphatic rings. The normalized spacial score (nSPS) is 13.6. The van der Waals surface area contributed by atoms with Crippen LogP contribution in [-0.2, 0) is 4.79 Å². The van der Waals surface area contributed by atoms with E-state index in [2.05, 4.69) is 10.1 Å². The van der Waals surface area contributed by atoms with Crippen molar-refractivity contribution in [3.8, 4) is 17.2 Å². The van der Waals surface area contributed by atoms with E-state index in [4.69, 9.17) is 9.47 Å². The lowest BCUT2D eigenvalue weighted by atomic mass is 10.2. The van der Waals surface area contributed by atoms with Crippen LogP contribution in [0, 0.1) is 0 Å². The van der Waals surface area contributed by atoms with E-state index in [-0.39, 0.29) is 24.0 Å². The fraction of sp³-hybridized carbons (Fsp3) is 0.300. The molecule has 1 N–H and O–H groups in total. The molecule has 160 valence electrons. The predicted molar refractivity (Wildman–Crippen MR) is 106 cm³/mol. The number of benzene rings is 2. The lowest BCUT2D eigenvalue weighted by Crippen LogP contribution is -2.37. The molecule has 2 aromatic rings. The van der Waals surface area contributed by atoms with Gasteiger partial charge in [-0.15, -0.1) is 0 Å². The first-order valence-electron chi connectivity index (χ1n) is 9.04. The van der Waals surface area contributed by atoms with Gasteiger partial charge in [0.2, 0.25) is 5.91 Å². The van der Waals surface area contributed by atoms with E-state index in [0.29, 0.717) is 30.3 Å². The van der Waals surface area contributed by atoms with E-state index < -0.39 is 12.5 Å². The third kappa shape index (κ3) is 4.88. The molecule has 0 saturated carbocycles. The number of amides is 3. The van der Waals surface area contributed by atoms with Crippen LogP contribution in [0.15, 0.2) is 42.5 Å². The van der Waals surface area contributed by atoms with E-state index in [1.807, 2.05) is 0 Å². The van der Waals surface area contributed by atoms with Crippen LogP contribution < -0.4 is 24.4 Å². The SMILES string of the molecule is COc1ccc(OC)c(N2CCN(CC(=O)Nc3cccc(OC(F)F)c3)C2=O)c1. The van der Waals surface area contributed by atoms with Crippen molar-refractivity contribution in [2.24, 2.45) is 0 Å². The first-order valence-corrected chi connectivity index (χ1v) is 9.04. The van der Waals surface area contributed by atoms with Gasteiger partial charge in [0, 0.05) is 30.9 Å². The number of urea groups is 1. The summed E-state index contributed by atoms with van der Waals surface area (Å²) in [6.45, 7) is -2.45. The lowest BCUT2D eigenvalue weighted by molar-refractivity contribution is -0.116. The van der Waals surface area contributed by atoms with Gasteiger partial charge in [0.05, 0.1) is 19.9 Å². The molecule has 8 nitrogen and oxygen atoms in total. The average Bonchev–Trinajstić information content (AvgIpc) is 3.07. The molecular formula is C20H21F2N3O5. The molecule has 0 aromatic heterocycles. The lowest BCUT2D eigenvalue weighted by Gasteiger charge is -2.21. The fourth-order valence-corrected chi connectivity index (χ4v) is 3.08. The predicted octanol–water partition coefficient (Wildman–Crippen LogP) is 3.19. The van der Waals surface area contributed by atoms with Crippen LogP contribution in [-0.4, -0.2) is 57.3 Å². The number of anilines is 2. The van der Waals surface area contributed by atoms with Crippen molar-refractivity contribution in [1.29, 1.82) is 0 Å². The number of carbonyl (C=O) groups excluding carboxylic acids is 2. The van der Waals surface area contributed by atoms with Crippen LogP contribution in [0.25, 0.3) is 0 Å².